The number of rotatable bonds is 2. The Hall–Kier alpha value is -1.29. The van der Waals surface area contributed by atoms with Crippen molar-refractivity contribution in [3.63, 3.8) is 0 Å². The van der Waals surface area contributed by atoms with Crippen molar-refractivity contribution in [3.05, 3.63) is 18.0 Å². The molecule has 1 aromatic rings. The highest BCUT2D eigenvalue weighted by atomic mass is 16.5. The lowest BCUT2D eigenvalue weighted by Crippen LogP contribution is -2.15. The summed E-state index contributed by atoms with van der Waals surface area (Å²) in [6.45, 7) is 1.64. The summed E-state index contributed by atoms with van der Waals surface area (Å²) in [7, 11) is 1.60. The molecule has 1 aliphatic heterocycles. The maximum absolute atomic E-state index is 5.84. The van der Waals surface area contributed by atoms with Gasteiger partial charge in [-0.1, -0.05) is 0 Å². The fraction of sp³-hybridized carbons (Fsp3) is 0.545. The van der Waals surface area contributed by atoms with Gasteiger partial charge in [0.2, 0.25) is 0 Å². The average molecular weight is 208 g/mol. The molecule has 0 aliphatic carbocycles. The van der Waals surface area contributed by atoms with Crippen LogP contribution in [0.5, 0.6) is 5.75 Å². The van der Waals surface area contributed by atoms with Gasteiger partial charge in [-0.2, -0.15) is 0 Å². The van der Waals surface area contributed by atoms with Gasteiger partial charge in [-0.3, -0.25) is 4.98 Å². The van der Waals surface area contributed by atoms with E-state index in [1.165, 1.54) is 0 Å². The minimum atomic E-state index is 0.479. The number of nitrogens with zero attached hydrogens (tertiary/aromatic N) is 1. The Bertz CT molecular complexity index is 335. The van der Waals surface area contributed by atoms with Gasteiger partial charge in [0, 0.05) is 24.8 Å². The van der Waals surface area contributed by atoms with Crippen LogP contribution < -0.4 is 10.5 Å². The van der Waals surface area contributed by atoms with Gasteiger partial charge in [0.1, 0.15) is 0 Å². The van der Waals surface area contributed by atoms with Gasteiger partial charge in [-0.15, -0.1) is 0 Å². The first-order chi connectivity index (χ1) is 7.31. The first-order valence-corrected chi connectivity index (χ1v) is 5.18. The smallest absolute Gasteiger partial charge is 0.160 e. The number of nitrogen functional groups attached to an aromatic ring is 1. The molecule has 82 valence electrons. The van der Waals surface area contributed by atoms with E-state index in [2.05, 4.69) is 4.98 Å². The first kappa shape index (κ1) is 10.2. The summed E-state index contributed by atoms with van der Waals surface area (Å²) in [5, 5.41) is 0. The number of pyridine rings is 1. The molecule has 4 heteroatoms. The molecule has 0 aromatic carbocycles. The van der Waals surface area contributed by atoms with Crippen LogP contribution in [0.2, 0.25) is 0 Å². The summed E-state index contributed by atoms with van der Waals surface area (Å²) in [5.41, 5.74) is 7.56. The molecule has 0 radical (unpaired) electrons. The van der Waals surface area contributed by atoms with E-state index < -0.39 is 0 Å². The molecule has 2 heterocycles. The summed E-state index contributed by atoms with van der Waals surface area (Å²) in [6, 6.07) is 1.91. The highest BCUT2D eigenvalue weighted by Crippen LogP contribution is 2.29. The van der Waals surface area contributed by atoms with Crippen molar-refractivity contribution in [2.45, 2.75) is 18.8 Å². The molecule has 0 unspecified atom stereocenters. The maximum Gasteiger partial charge on any atom is 0.160 e. The van der Waals surface area contributed by atoms with E-state index in [0.717, 1.165) is 31.7 Å². The Morgan fingerprint density at radius 1 is 1.47 bits per heavy atom. The normalized spacial score (nSPS) is 17.7. The number of anilines is 1. The van der Waals surface area contributed by atoms with Crippen LogP contribution in [0.4, 0.5) is 5.69 Å². The monoisotopic (exact) mass is 208 g/mol. The van der Waals surface area contributed by atoms with E-state index in [1.54, 1.807) is 13.3 Å². The first-order valence-electron chi connectivity index (χ1n) is 5.18. The van der Waals surface area contributed by atoms with Gasteiger partial charge >= 0.3 is 0 Å². The SMILES string of the molecule is COc1cnc(C2CCOCC2)cc1N. The van der Waals surface area contributed by atoms with Gasteiger partial charge in [-0.25, -0.2) is 0 Å². The number of aromatic nitrogens is 1. The van der Waals surface area contributed by atoms with E-state index in [1.807, 2.05) is 6.07 Å². The summed E-state index contributed by atoms with van der Waals surface area (Å²) < 4.78 is 10.4. The zero-order valence-electron chi connectivity index (χ0n) is 8.90. The summed E-state index contributed by atoms with van der Waals surface area (Å²) >= 11 is 0. The Morgan fingerprint density at radius 3 is 2.80 bits per heavy atom. The highest BCUT2D eigenvalue weighted by Gasteiger charge is 2.17. The van der Waals surface area contributed by atoms with Crippen molar-refractivity contribution in [3.8, 4) is 5.75 Å². The molecule has 2 N–H and O–H groups in total. The largest absolute Gasteiger partial charge is 0.493 e. The molecule has 0 amide bonds. The quantitative estimate of drug-likeness (QED) is 0.801. The van der Waals surface area contributed by atoms with Crippen molar-refractivity contribution >= 4 is 5.69 Å². The second kappa shape index (κ2) is 4.49. The molecular weight excluding hydrogens is 192 g/mol. The molecule has 15 heavy (non-hydrogen) atoms. The molecular formula is C11H16N2O2. The Morgan fingerprint density at radius 2 is 2.20 bits per heavy atom. The molecule has 0 saturated carbocycles. The van der Waals surface area contributed by atoms with E-state index in [9.17, 15) is 0 Å². The predicted molar refractivity (Wildman–Crippen MR) is 58.0 cm³/mol. The molecule has 1 fully saturated rings. The van der Waals surface area contributed by atoms with Gasteiger partial charge in [0.15, 0.2) is 5.75 Å². The lowest BCUT2D eigenvalue weighted by molar-refractivity contribution is 0.0845. The molecule has 0 atom stereocenters. The maximum atomic E-state index is 5.84. The average Bonchev–Trinajstić information content (AvgIpc) is 2.30. The Labute approximate surface area is 89.4 Å². The topological polar surface area (TPSA) is 57.4 Å². The number of ether oxygens (including phenoxy) is 2. The van der Waals surface area contributed by atoms with Gasteiger partial charge in [0.25, 0.3) is 0 Å². The van der Waals surface area contributed by atoms with Crippen LogP contribution in [0, 0.1) is 0 Å². The Kier molecular flexibility index (Phi) is 3.06. The summed E-state index contributed by atoms with van der Waals surface area (Å²) in [4.78, 5) is 4.37. The third-order valence-electron chi connectivity index (χ3n) is 2.78. The minimum absolute atomic E-state index is 0.479. The fourth-order valence-electron chi connectivity index (χ4n) is 1.86. The van der Waals surface area contributed by atoms with Crippen molar-refractivity contribution < 1.29 is 9.47 Å². The molecule has 2 rings (SSSR count). The highest BCUT2D eigenvalue weighted by molar-refractivity contribution is 5.52. The summed E-state index contributed by atoms with van der Waals surface area (Å²) in [6.07, 6.45) is 3.75. The van der Waals surface area contributed by atoms with Crippen LogP contribution in [0.3, 0.4) is 0 Å². The molecule has 1 aromatic heterocycles. The second-order valence-corrected chi connectivity index (χ2v) is 3.74. The molecule has 0 bridgehead atoms. The van der Waals surface area contributed by atoms with Gasteiger partial charge < -0.3 is 15.2 Å². The standard InChI is InChI=1S/C11H16N2O2/c1-14-11-7-13-10(6-9(11)12)8-2-4-15-5-3-8/h6-8H,2-5H2,1H3,(H2,12,13). The number of hydrogen-bond donors (Lipinski definition) is 1. The third-order valence-corrected chi connectivity index (χ3v) is 2.78. The Balaban J connectivity index is 2.17. The fourth-order valence-corrected chi connectivity index (χ4v) is 1.86. The van der Waals surface area contributed by atoms with E-state index in [4.69, 9.17) is 15.2 Å². The molecule has 4 nitrogen and oxygen atoms in total. The van der Waals surface area contributed by atoms with E-state index >= 15 is 0 Å². The van der Waals surface area contributed by atoms with Crippen LogP contribution in [0.15, 0.2) is 12.3 Å². The van der Waals surface area contributed by atoms with Gasteiger partial charge in [0.05, 0.1) is 19.0 Å². The van der Waals surface area contributed by atoms with Crippen LogP contribution in [0.1, 0.15) is 24.5 Å². The lowest BCUT2D eigenvalue weighted by Gasteiger charge is -2.21. The van der Waals surface area contributed by atoms with Crippen LogP contribution >= 0.6 is 0 Å². The zero-order chi connectivity index (χ0) is 10.7. The van der Waals surface area contributed by atoms with Crippen molar-refractivity contribution in [2.24, 2.45) is 0 Å². The van der Waals surface area contributed by atoms with Crippen LogP contribution in [-0.2, 0) is 4.74 Å². The summed E-state index contributed by atoms with van der Waals surface area (Å²) in [5.74, 6) is 1.12. The molecule has 1 aliphatic rings. The van der Waals surface area contributed by atoms with Crippen molar-refractivity contribution in [1.82, 2.24) is 4.98 Å². The molecule has 0 spiro atoms. The number of hydrogen-bond acceptors (Lipinski definition) is 4. The predicted octanol–water partition coefficient (Wildman–Crippen LogP) is 1.57. The van der Waals surface area contributed by atoms with E-state index in [-0.39, 0.29) is 0 Å². The van der Waals surface area contributed by atoms with Crippen molar-refractivity contribution in [2.75, 3.05) is 26.1 Å². The number of nitrogens with two attached hydrogens (primary N) is 1. The lowest BCUT2D eigenvalue weighted by atomic mass is 9.96. The number of methoxy groups -OCH3 is 1. The van der Waals surface area contributed by atoms with Crippen LogP contribution in [0.25, 0.3) is 0 Å². The zero-order valence-corrected chi connectivity index (χ0v) is 8.90. The minimum Gasteiger partial charge on any atom is -0.493 e. The van der Waals surface area contributed by atoms with Crippen LogP contribution in [-0.4, -0.2) is 25.3 Å². The third kappa shape index (κ3) is 2.21. The second-order valence-electron chi connectivity index (χ2n) is 3.74. The van der Waals surface area contributed by atoms with Gasteiger partial charge in [-0.05, 0) is 18.9 Å². The van der Waals surface area contributed by atoms with E-state index in [0.29, 0.717) is 17.4 Å². The van der Waals surface area contributed by atoms with Crippen molar-refractivity contribution in [1.29, 1.82) is 0 Å². The molecule has 1 saturated heterocycles.